The van der Waals surface area contributed by atoms with Gasteiger partial charge in [-0.1, -0.05) is 47.7 Å². The van der Waals surface area contributed by atoms with Crippen LogP contribution in [-0.4, -0.2) is 33.7 Å². The average Bonchev–Trinajstić information content (AvgIpc) is 3.08. The lowest BCUT2D eigenvalue weighted by Crippen LogP contribution is -2.50. The molecule has 4 rings (SSSR count). The first-order valence-corrected chi connectivity index (χ1v) is 13.8. The van der Waals surface area contributed by atoms with E-state index in [1.807, 2.05) is 12.1 Å². The first-order chi connectivity index (χ1) is 15.9. The maximum Gasteiger partial charge on any atom is 0.316 e. The molecular weight excluding hydrogens is 480 g/mol. The van der Waals surface area contributed by atoms with Gasteiger partial charge in [-0.15, -0.1) is 5.92 Å². The number of ether oxygens (including phenoxy) is 1. The molecule has 0 heterocycles. The summed E-state index contributed by atoms with van der Waals surface area (Å²) in [4.78, 5) is 11.1. The average molecular weight is 518 g/mol. The molecular formula is C28H37BrO4. The van der Waals surface area contributed by atoms with Crippen molar-refractivity contribution in [3.05, 3.63) is 29.3 Å². The second-order valence-corrected chi connectivity index (χ2v) is 11.0. The third kappa shape index (κ3) is 4.98. The summed E-state index contributed by atoms with van der Waals surface area (Å²) >= 11 is 3.09. The van der Waals surface area contributed by atoms with E-state index in [0.717, 1.165) is 70.6 Å². The molecule has 0 aromatic heterocycles. The second kappa shape index (κ2) is 10.4. The number of halogens is 1. The molecule has 1 aromatic carbocycles. The molecule has 5 atom stereocenters. The zero-order valence-corrected chi connectivity index (χ0v) is 21.3. The number of carbonyl (C=O) groups is 1. The Morgan fingerprint density at radius 3 is 2.82 bits per heavy atom. The van der Waals surface area contributed by atoms with Crippen LogP contribution in [0.15, 0.2) is 18.2 Å². The molecule has 5 heteroatoms. The Labute approximate surface area is 206 Å². The van der Waals surface area contributed by atoms with Crippen molar-refractivity contribution in [1.82, 2.24) is 0 Å². The van der Waals surface area contributed by atoms with Gasteiger partial charge >= 0.3 is 5.97 Å². The highest BCUT2D eigenvalue weighted by molar-refractivity contribution is 9.09. The number of fused-ring (bicyclic) bond motifs is 5. The molecule has 1 aromatic rings. The summed E-state index contributed by atoms with van der Waals surface area (Å²) < 4.78 is 5.07. The van der Waals surface area contributed by atoms with Crippen molar-refractivity contribution in [1.29, 1.82) is 0 Å². The molecule has 0 radical (unpaired) electrons. The van der Waals surface area contributed by atoms with Crippen LogP contribution in [0, 0.1) is 29.1 Å². The van der Waals surface area contributed by atoms with E-state index in [0.29, 0.717) is 30.1 Å². The monoisotopic (exact) mass is 516 g/mol. The molecule has 0 unspecified atom stereocenters. The van der Waals surface area contributed by atoms with Crippen molar-refractivity contribution < 1.29 is 19.7 Å². The molecule has 33 heavy (non-hydrogen) atoms. The molecule has 4 nitrogen and oxygen atoms in total. The lowest BCUT2D eigenvalue weighted by atomic mass is 9.53. The van der Waals surface area contributed by atoms with Crippen LogP contribution in [0.25, 0.3) is 0 Å². The number of phenolic OH excluding ortho intramolecular Hbond substituents is 1. The molecule has 2 N–H and O–H groups in total. The number of aromatic hydroxyl groups is 1. The summed E-state index contributed by atoms with van der Waals surface area (Å²) in [5, 5.41) is 21.8. The maximum atomic E-state index is 11.7. The van der Waals surface area contributed by atoms with Gasteiger partial charge in [0.05, 0.1) is 6.61 Å². The van der Waals surface area contributed by atoms with Crippen LogP contribution < -0.4 is 0 Å². The SMILES string of the molecule is C[C@]12CC[C@@H]3c4ccc(O)cc4CC[C@H]3[C@@H]1CC[C@@]2(O)C#CCCCCCCOC(=O)CBr. The number of hydrogen-bond donors (Lipinski definition) is 2. The summed E-state index contributed by atoms with van der Waals surface area (Å²) in [6.07, 6.45) is 10.9. The molecule has 0 aliphatic heterocycles. The molecule has 2 saturated carbocycles. The van der Waals surface area contributed by atoms with Gasteiger partial charge in [-0.2, -0.15) is 0 Å². The normalized spacial score (nSPS) is 32.2. The van der Waals surface area contributed by atoms with E-state index in [1.54, 1.807) is 0 Å². The highest BCUT2D eigenvalue weighted by Crippen LogP contribution is 2.64. The molecule has 180 valence electrons. The summed E-state index contributed by atoms with van der Waals surface area (Å²) in [6, 6.07) is 5.92. The summed E-state index contributed by atoms with van der Waals surface area (Å²) in [7, 11) is 0. The highest BCUT2D eigenvalue weighted by Gasteiger charge is 2.61. The topological polar surface area (TPSA) is 66.8 Å². The van der Waals surface area contributed by atoms with Crippen molar-refractivity contribution >= 4 is 21.9 Å². The van der Waals surface area contributed by atoms with Gasteiger partial charge in [-0.05, 0) is 92.4 Å². The number of rotatable bonds is 7. The standard InChI is InChI=1S/C28H37BrO4/c1-27-15-12-23-22-11-9-21(30)18-20(22)8-10-24(23)25(27)13-16-28(27,32)14-6-4-2-3-5-7-17-33-26(31)19-29/h9,11,18,23-25,30,32H,2-5,7-8,10,12-13,15-17,19H2,1H3/t23-,24-,25+,27+,28+/m1/s1. The Kier molecular flexibility index (Phi) is 7.76. The van der Waals surface area contributed by atoms with Crippen molar-refractivity contribution in [3.8, 4) is 17.6 Å². The van der Waals surface area contributed by atoms with Gasteiger partial charge in [0.15, 0.2) is 0 Å². The van der Waals surface area contributed by atoms with Crippen LogP contribution in [0.2, 0.25) is 0 Å². The lowest BCUT2D eigenvalue weighted by Gasteiger charge is -2.52. The molecule has 3 aliphatic carbocycles. The minimum atomic E-state index is -0.873. The van der Waals surface area contributed by atoms with Gasteiger partial charge in [0.1, 0.15) is 16.7 Å². The first-order valence-electron chi connectivity index (χ1n) is 12.6. The number of benzene rings is 1. The van der Waals surface area contributed by atoms with E-state index in [-0.39, 0.29) is 16.7 Å². The number of alkyl halides is 1. The highest BCUT2D eigenvalue weighted by atomic mass is 79.9. The zero-order valence-electron chi connectivity index (χ0n) is 19.7. The molecule has 0 saturated heterocycles. The number of aliphatic hydroxyl groups is 1. The zero-order chi connectivity index (χ0) is 23.5. The predicted octanol–water partition coefficient (Wildman–Crippen LogP) is 5.87. The van der Waals surface area contributed by atoms with E-state index in [2.05, 4.69) is 40.8 Å². The van der Waals surface area contributed by atoms with Crippen LogP contribution >= 0.6 is 15.9 Å². The Bertz CT molecular complexity index is 918. The van der Waals surface area contributed by atoms with E-state index in [4.69, 9.17) is 4.74 Å². The van der Waals surface area contributed by atoms with Crippen molar-refractivity contribution in [2.24, 2.45) is 17.3 Å². The minimum Gasteiger partial charge on any atom is -0.508 e. The Morgan fingerprint density at radius 1 is 1.18 bits per heavy atom. The Hall–Kier alpha value is -1.51. The largest absolute Gasteiger partial charge is 0.508 e. The predicted molar refractivity (Wildman–Crippen MR) is 133 cm³/mol. The quantitative estimate of drug-likeness (QED) is 0.206. The number of phenols is 1. The number of esters is 1. The smallest absolute Gasteiger partial charge is 0.316 e. The van der Waals surface area contributed by atoms with Crippen LogP contribution in [0.5, 0.6) is 5.75 Å². The number of hydrogen-bond acceptors (Lipinski definition) is 4. The third-order valence-electron chi connectivity index (χ3n) is 8.73. The van der Waals surface area contributed by atoms with E-state index in [9.17, 15) is 15.0 Å². The van der Waals surface area contributed by atoms with Crippen LogP contribution in [0.1, 0.15) is 88.2 Å². The Balaban J connectivity index is 1.31. The van der Waals surface area contributed by atoms with Crippen LogP contribution in [0.3, 0.4) is 0 Å². The second-order valence-electron chi connectivity index (χ2n) is 10.5. The third-order valence-corrected chi connectivity index (χ3v) is 9.18. The van der Waals surface area contributed by atoms with E-state index < -0.39 is 5.60 Å². The van der Waals surface area contributed by atoms with Gasteiger partial charge in [-0.25, -0.2) is 0 Å². The Morgan fingerprint density at radius 2 is 2.00 bits per heavy atom. The number of carbonyl (C=O) groups excluding carboxylic acids is 1. The molecule has 3 aliphatic rings. The van der Waals surface area contributed by atoms with Gasteiger partial charge in [-0.3, -0.25) is 4.79 Å². The van der Waals surface area contributed by atoms with Crippen molar-refractivity contribution in [2.45, 2.75) is 89.1 Å². The van der Waals surface area contributed by atoms with Gasteiger partial charge in [0.2, 0.25) is 0 Å². The fraction of sp³-hybridized carbons (Fsp3) is 0.679. The van der Waals surface area contributed by atoms with Gasteiger partial charge in [0.25, 0.3) is 0 Å². The summed E-state index contributed by atoms with van der Waals surface area (Å²) in [5.74, 6) is 8.50. The summed E-state index contributed by atoms with van der Waals surface area (Å²) in [5.41, 5.74) is 1.74. The molecule has 0 bridgehead atoms. The van der Waals surface area contributed by atoms with Crippen molar-refractivity contribution in [3.63, 3.8) is 0 Å². The van der Waals surface area contributed by atoms with Crippen molar-refractivity contribution in [2.75, 3.05) is 11.9 Å². The fourth-order valence-corrected chi connectivity index (χ4v) is 7.05. The van der Waals surface area contributed by atoms with Crippen LogP contribution in [-0.2, 0) is 16.0 Å². The van der Waals surface area contributed by atoms with Gasteiger partial charge < -0.3 is 14.9 Å². The number of aryl methyl sites for hydroxylation is 1. The van der Waals surface area contributed by atoms with Gasteiger partial charge in [0, 0.05) is 11.8 Å². The lowest BCUT2D eigenvalue weighted by molar-refractivity contribution is -0.140. The summed E-state index contributed by atoms with van der Waals surface area (Å²) in [6.45, 7) is 2.78. The molecule has 2 fully saturated rings. The number of unbranched alkanes of at least 4 members (excludes halogenated alkanes) is 4. The molecule has 0 amide bonds. The molecule has 0 spiro atoms. The van der Waals surface area contributed by atoms with E-state index in [1.165, 1.54) is 11.1 Å². The first kappa shape index (κ1) is 24.6. The van der Waals surface area contributed by atoms with E-state index >= 15 is 0 Å². The maximum absolute atomic E-state index is 11.7. The minimum absolute atomic E-state index is 0.130. The van der Waals surface area contributed by atoms with Crippen LogP contribution in [0.4, 0.5) is 0 Å². The fourth-order valence-electron chi connectivity index (χ4n) is 6.89.